The van der Waals surface area contributed by atoms with Gasteiger partial charge >= 0.3 is 0 Å². The predicted molar refractivity (Wildman–Crippen MR) is 82.0 cm³/mol. The van der Waals surface area contributed by atoms with Crippen LogP contribution in [-0.4, -0.2) is 34.9 Å². The molecule has 0 fully saturated rings. The van der Waals surface area contributed by atoms with Crippen molar-refractivity contribution in [2.75, 3.05) is 18.4 Å². The molecule has 0 atom stereocenters. The van der Waals surface area contributed by atoms with Crippen LogP contribution in [0.15, 0.2) is 18.2 Å². The van der Waals surface area contributed by atoms with E-state index in [9.17, 15) is 14.9 Å². The quantitative estimate of drug-likeness (QED) is 0.561. The summed E-state index contributed by atoms with van der Waals surface area (Å²) in [6.45, 7) is 6.90. The molecular formula is C14H22N4O3. The van der Waals surface area contributed by atoms with E-state index in [0.29, 0.717) is 18.8 Å². The average Bonchev–Trinajstić information content (AvgIpc) is 2.39. The van der Waals surface area contributed by atoms with Crippen molar-refractivity contribution in [2.24, 2.45) is 5.73 Å². The molecule has 0 bridgehead atoms. The number of carbonyl (C=O) groups is 1. The number of benzene rings is 1. The number of nitro groups is 1. The van der Waals surface area contributed by atoms with Gasteiger partial charge < -0.3 is 11.1 Å². The Morgan fingerprint density at radius 3 is 2.62 bits per heavy atom. The van der Waals surface area contributed by atoms with Crippen molar-refractivity contribution in [3.05, 3.63) is 33.9 Å². The number of nitrogens with two attached hydrogens (primary N) is 1. The van der Waals surface area contributed by atoms with Crippen molar-refractivity contribution >= 4 is 17.3 Å². The molecule has 21 heavy (non-hydrogen) atoms. The second kappa shape index (κ2) is 7.58. The molecule has 1 aromatic carbocycles. The van der Waals surface area contributed by atoms with Gasteiger partial charge in [-0.15, -0.1) is 0 Å². The van der Waals surface area contributed by atoms with Gasteiger partial charge in [-0.2, -0.15) is 0 Å². The first-order chi connectivity index (χ1) is 9.86. The molecule has 0 unspecified atom stereocenters. The maximum absolute atomic E-state index is 11.1. The molecular weight excluding hydrogens is 272 g/mol. The number of nitro benzene ring substituents is 1. The Morgan fingerprint density at radius 1 is 1.48 bits per heavy atom. The van der Waals surface area contributed by atoms with Crippen molar-refractivity contribution in [2.45, 2.75) is 33.4 Å². The normalized spacial score (nSPS) is 10.9. The van der Waals surface area contributed by atoms with E-state index in [1.54, 1.807) is 6.07 Å². The predicted octanol–water partition coefficient (Wildman–Crippen LogP) is 1.72. The van der Waals surface area contributed by atoms with Crippen molar-refractivity contribution in [3.63, 3.8) is 0 Å². The highest BCUT2D eigenvalue weighted by atomic mass is 16.6. The van der Waals surface area contributed by atoms with E-state index in [1.165, 1.54) is 6.07 Å². The Kier molecular flexibility index (Phi) is 6.10. The van der Waals surface area contributed by atoms with Gasteiger partial charge in [0.1, 0.15) is 5.69 Å². The average molecular weight is 294 g/mol. The minimum absolute atomic E-state index is 0.0390. The summed E-state index contributed by atoms with van der Waals surface area (Å²) in [7, 11) is 0. The monoisotopic (exact) mass is 294 g/mol. The fourth-order valence-corrected chi connectivity index (χ4v) is 2.09. The molecule has 1 rings (SSSR count). The molecule has 0 saturated carbocycles. The Balaban J connectivity index is 3.13. The van der Waals surface area contributed by atoms with Gasteiger partial charge in [-0.25, -0.2) is 0 Å². The number of para-hydroxylation sites is 1. The van der Waals surface area contributed by atoms with Crippen molar-refractivity contribution < 1.29 is 9.72 Å². The van der Waals surface area contributed by atoms with Crippen LogP contribution in [-0.2, 0) is 11.3 Å². The lowest BCUT2D eigenvalue weighted by molar-refractivity contribution is -0.384. The number of hydrogen-bond acceptors (Lipinski definition) is 5. The van der Waals surface area contributed by atoms with Crippen LogP contribution in [0.5, 0.6) is 0 Å². The first kappa shape index (κ1) is 16.9. The number of nitrogens with one attached hydrogen (secondary N) is 1. The van der Waals surface area contributed by atoms with E-state index in [0.717, 1.165) is 5.56 Å². The standard InChI is InChI=1S/C14H22N4O3/c1-4-16-14-11(6-5-7-12(14)18(20)21)8-17(10(2)3)9-13(15)19/h5-7,10,16H,4,8-9H2,1-3H3,(H2,15,19). The van der Waals surface area contributed by atoms with Crippen molar-refractivity contribution in [1.82, 2.24) is 4.90 Å². The highest BCUT2D eigenvalue weighted by Crippen LogP contribution is 2.29. The summed E-state index contributed by atoms with van der Waals surface area (Å²) in [5, 5.41) is 14.2. The fraction of sp³-hybridized carbons (Fsp3) is 0.500. The SMILES string of the molecule is CCNc1c(CN(CC(N)=O)C(C)C)cccc1[N+](=O)[O-]. The molecule has 0 heterocycles. The van der Waals surface area contributed by atoms with Gasteiger partial charge in [-0.1, -0.05) is 12.1 Å². The lowest BCUT2D eigenvalue weighted by Gasteiger charge is -2.26. The second-order valence-electron chi connectivity index (χ2n) is 5.06. The number of carbonyl (C=O) groups excluding carboxylic acids is 1. The Labute approximate surface area is 124 Å². The third-order valence-electron chi connectivity index (χ3n) is 3.14. The summed E-state index contributed by atoms with van der Waals surface area (Å²) in [5.41, 5.74) is 6.57. The highest BCUT2D eigenvalue weighted by Gasteiger charge is 2.20. The Hall–Kier alpha value is -2.15. The zero-order valence-corrected chi connectivity index (χ0v) is 12.6. The topological polar surface area (TPSA) is 102 Å². The van der Waals surface area contributed by atoms with Crippen LogP contribution in [0.25, 0.3) is 0 Å². The summed E-state index contributed by atoms with van der Waals surface area (Å²) in [5.74, 6) is -0.417. The lowest BCUT2D eigenvalue weighted by Crippen LogP contribution is -2.38. The molecule has 7 heteroatoms. The van der Waals surface area contributed by atoms with Crippen molar-refractivity contribution in [1.29, 1.82) is 0 Å². The summed E-state index contributed by atoms with van der Waals surface area (Å²) < 4.78 is 0. The molecule has 0 aliphatic rings. The minimum atomic E-state index is -0.417. The highest BCUT2D eigenvalue weighted by molar-refractivity contribution is 5.76. The van der Waals surface area contributed by atoms with Crippen LogP contribution >= 0.6 is 0 Å². The van der Waals surface area contributed by atoms with E-state index < -0.39 is 10.8 Å². The molecule has 0 aliphatic heterocycles. The maximum Gasteiger partial charge on any atom is 0.292 e. The van der Waals surface area contributed by atoms with Gasteiger partial charge in [0.2, 0.25) is 5.91 Å². The molecule has 0 aliphatic carbocycles. The van der Waals surface area contributed by atoms with E-state index in [-0.39, 0.29) is 18.3 Å². The minimum Gasteiger partial charge on any atom is -0.380 e. The van der Waals surface area contributed by atoms with E-state index in [4.69, 9.17) is 5.73 Å². The third kappa shape index (κ3) is 4.71. The lowest BCUT2D eigenvalue weighted by atomic mass is 10.1. The van der Waals surface area contributed by atoms with Crippen LogP contribution in [0.3, 0.4) is 0 Å². The van der Waals surface area contributed by atoms with Crippen LogP contribution in [0, 0.1) is 10.1 Å². The number of hydrogen-bond donors (Lipinski definition) is 2. The maximum atomic E-state index is 11.1. The van der Waals surface area contributed by atoms with Gasteiger partial charge in [0, 0.05) is 25.2 Å². The van der Waals surface area contributed by atoms with Gasteiger partial charge in [0.05, 0.1) is 11.5 Å². The number of nitrogens with zero attached hydrogens (tertiary/aromatic N) is 2. The van der Waals surface area contributed by atoms with Crippen LogP contribution in [0.2, 0.25) is 0 Å². The van der Waals surface area contributed by atoms with Crippen LogP contribution in [0.4, 0.5) is 11.4 Å². The zero-order valence-electron chi connectivity index (χ0n) is 12.6. The van der Waals surface area contributed by atoms with Gasteiger partial charge in [-0.3, -0.25) is 19.8 Å². The molecule has 0 aromatic heterocycles. The van der Waals surface area contributed by atoms with Crippen LogP contribution < -0.4 is 11.1 Å². The van der Waals surface area contributed by atoms with E-state index in [1.807, 2.05) is 31.7 Å². The number of primary amides is 1. The van der Waals surface area contributed by atoms with Crippen molar-refractivity contribution in [3.8, 4) is 0 Å². The molecule has 0 saturated heterocycles. The molecule has 1 amide bonds. The van der Waals surface area contributed by atoms with E-state index in [2.05, 4.69) is 5.32 Å². The largest absolute Gasteiger partial charge is 0.380 e. The van der Waals surface area contributed by atoms with E-state index >= 15 is 0 Å². The second-order valence-corrected chi connectivity index (χ2v) is 5.06. The Bertz CT molecular complexity index is 517. The van der Waals surface area contributed by atoms with Crippen LogP contribution in [0.1, 0.15) is 26.3 Å². The summed E-state index contributed by atoms with van der Waals surface area (Å²) in [6, 6.07) is 5.04. The molecule has 7 nitrogen and oxygen atoms in total. The number of anilines is 1. The molecule has 0 spiro atoms. The van der Waals surface area contributed by atoms with Gasteiger partial charge in [0.25, 0.3) is 5.69 Å². The molecule has 116 valence electrons. The Morgan fingerprint density at radius 2 is 2.14 bits per heavy atom. The number of amides is 1. The zero-order chi connectivity index (χ0) is 16.0. The number of rotatable bonds is 8. The first-order valence-corrected chi connectivity index (χ1v) is 6.89. The van der Waals surface area contributed by atoms with Gasteiger partial charge in [-0.05, 0) is 26.3 Å². The third-order valence-corrected chi connectivity index (χ3v) is 3.14. The summed E-state index contributed by atoms with van der Waals surface area (Å²) in [4.78, 5) is 23.7. The fourth-order valence-electron chi connectivity index (χ4n) is 2.09. The summed E-state index contributed by atoms with van der Waals surface area (Å²) >= 11 is 0. The molecule has 1 aromatic rings. The summed E-state index contributed by atoms with van der Waals surface area (Å²) in [6.07, 6.45) is 0. The van der Waals surface area contributed by atoms with Gasteiger partial charge in [0.15, 0.2) is 0 Å². The first-order valence-electron chi connectivity index (χ1n) is 6.89. The smallest absolute Gasteiger partial charge is 0.292 e. The molecule has 0 radical (unpaired) electrons. The molecule has 3 N–H and O–H groups in total.